The Balaban J connectivity index is 1.60. The van der Waals surface area contributed by atoms with Crippen molar-refractivity contribution in [3.05, 3.63) is 18.5 Å². The largest absolute Gasteiger partial charge is 0.469 e. The average Bonchev–Trinajstić information content (AvgIpc) is 3.07. The van der Waals surface area contributed by atoms with Gasteiger partial charge in [-0.3, -0.25) is 4.79 Å². The topological polar surface area (TPSA) is 69.5 Å². The van der Waals surface area contributed by atoms with Gasteiger partial charge in [-0.05, 0) is 30.9 Å². The number of esters is 1. The highest BCUT2D eigenvalue weighted by Gasteiger charge is 2.23. The molecule has 0 radical (unpaired) electrons. The lowest BCUT2D eigenvalue weighted by atomic mass is 9.94. The van der Waals surface area contributed by atoms with E-state index in [1.54, 1.807) is 0 Å². The fourth-order valence-electron chi connectivity index (χ4n) is 3.42. The first-order valence-electron chi connectivity index (χ1n) is 10.1. The van der Waals surface area contributed by atoms with E-state index >= 15 is 0 Å². The maximum Gasteiger partial charge on any atom is 0.305 e. The minimum atomic E-state index is -1.08. The minimum Gasteiger partial charge on any atom is -0.469 e. The molecule has 1 fully saturated rings. The molecular formula is C20H32N4O3Si. The Kier molecular flexibility index (Phi) is 6.72. The highest BCUT2D eigenvalue weighted by atomic mass is 28.3. The van der Waals surface area contributed by atoms with Crippen LogP contribution in [0.3, 0.4) is 0 Å². The number of ether oxygens (including phenoxy) is 2. The fraction of sp³-hybridized carbons (Fsp3) is 0.650. The van der Waals surface area contributed by atoms with Crippen LogP contribution in [0.25, 0.3) is 11.0 Å². The molecule has 154 valence electrons. The van der Waals surface area contributed by atoms with Crippen LogP contribution in [0, 0.1) is 5.92 Å². The molecule has 3 rings (SSSR count). The molecule has 0 N–H and O–H groups in total. The summed E-state index contributed by atoms with van der Waals surface area (Å²) >= 11 is 0. The van der Waals surface area contributed by atoms with Crippen LogP contribution in [0.1, 0.15) is 19.3 Å². The van der Waals surface area contributed by atoms with Gasteiger partial charge < -0.3 is 18.9 Å². The average molecular weight is 405 g/mol. The van der Waals surface area contributed by atoms with Gasteiger partial charge in [-0.1, -0.05) is 19.6 Å². The van der Waals surface area contributed by atoms with Crippen molar-refractivity contribution in [2.24, 2.45) is 5.92 Å². The molecule has 0 atom stereocenters. The zero-order valence-electron chi connectivity index (χ0n) is 17.5. The number of rotatable bonds is 8. The third kappa shape index (κ3) is 5.54. The van der Waals surface area contributed by atoms with E-state index in [0.29, 0.717) is 19.1 Å². The van der Waals surface area contributed by atoms with Crippen molar-refractivity contribution in [2.75, 3.05) is 31.7 Å². The van der Waals surface area contributed by atoms with Gasteiger partial charge in [0.05, 0.1) is 7.11 Å². The van der Waals surface area contributed by atoms with Gasteiger partial charge in [0.1, 0.15) is 12.4 Å². The predicted molar refractivity (Wildman–Crippen MR) is 113 cm³/mol. The molecule has 1 aliphatic rings. The standard InChI is InChI=1S/C20H32N4O3Si/c1-26-18(25)13-16-5-8-23(9-6-16)20-21-14-17-7-10-24(19(17)22-20)15-27-11-12-28(2,3)4/h7,10,14,16H,5-6,8-9,11-13,15H2,1-4H3. The third-order valence-corrected chi connectivity index (χ3v) is 7.00. The summed E-state index contributed by atoms with van der Waals surface area (Å²) in [5.74, 6) is 1.02. The Morgan fingerprint density at radius 1 is 1.29 bits per heavy atom. The number of carbonyl (C=O) groups is 1. The van der Waals surface area contributed by atoms with Crippen LogP contribution in [0.5, 0.6) is 0 Å². The molecule has 0 bridgehead atoms. The summed E-state index contributed by atoms with van der Waals surface area (Å²) in [6.45, 7) is 10.1. The molecule has 0 unspecified atom stereocenters. The van der Waals surface area contributed by atoms with Crippen LogP contribution in [0.2, 0.25) is 25.7 Å². The number of aromatic nitrogens is 3. The normalized spacial score (nSPS) is 15.9. The Morgan fingerprint density at radius 3 is 2.71 bits per heavy atom. The zero-order chi connectivity index (χ0) is 20.1. The zero-order valence-corrected chi connectivity index (χ0v) is 18.5. The lowest BCUT2D eigenvalue weighted by Crippen LogP contribution is -2.35. The van der Waals surface area contributed by atoms with Crippen molar-refractivity contribution >= 4 is 31.0 Å². The smallest absolute Gasteiger partial charge is 0.305 e. The van der Waals surface area contributed by atoms with E-state index in [1.165, 1.54) is 7.11 Å². The molecule has 0 aliphatic carbocycles. The van der Waals surface area contributed by atoms with Crippen molar-refractivity contribution in [2.45, 2.75) is 51.7 Å². The van der Waals surface area contributed by atoms with Crippen LogP contribution < -0.4 is 4.90 Å². The molecule has 0 amide bonds. The summed E-state index contributed by atoms with van der Waals surface area (Å²) in [7, 11) is 0.370. The molecule has 8 heteroatoms. The highest BCUT2D eigenvalue weighted by molar-refractivity contribution is 6.76. The van der Waals surface area contributed by atoms with Crippen LogP contribution in [0.15, 0.2) is 18.5 Å². The molecule has 7 nitrogen and oxygen atoms in total. The maximum atomic E-state index is 11.5. The minimum absolute atomic E-state index is 0.122. The van der Waals surface area contributed by atoms with Gasteiger partial charge in [0.2, 0.25) is 5.95 Å². The van der Waals surface area contributed by atoms with Gasteiger partial charge in [-0.25, -0.2) is 4.98 Å². The molecule has 0 aromatic carbocycles. The van der Waals surface area contributed by atoms with E-state index in [9.17, 15) is 4.79 Å². The summed E-state index contributed by atoms with van der Waals surface area (Å²) in [6, 6.07) is 3.19. The van der Waals surface area contributed by atoms with Gasteiger partial charge in [-0.15, -0.1) is 0 Å². The van der Waals surface area contributed by atoms with Gasteiger partial charge in [0.15, 0.2) is 0 Å². The lowest BCUT2D eigenvalue weighted by molar-refractivity contribution is -0.141. The first-order valence-corrected chi connectivity index (χ1v) is 13.8. The Morgan fingerprint density at radius 2 is 2.04 bits per heavy atom. The fourth-order valence-corrected chi connectivity index (χ4v) is 4.17. The second kappa shape index (κ2) is 9.04. The van der Waals surface area contributed by atoms with Crippen molar-refractivity contribution in [3.63, 3.8) is 0 Å². The monoisotopic (exact) mass is 404 g/mol. The summed E-state index contributed by atoms with van der Waals surface area (Å²) in [5, 5.41) is 1.03. The maximum absolute atomic E-state index is 11.5. The number of piperidine rings is 1. The Hall–Kier alpha value is -1.93. The van der Waals surface area contributed by atoms with Gasteiger partial charge >= 0.3 is 5.97 Å². The van der Waals surface area contributed by atoms with E-state index in [0.717, 1.165) is 55.6 Å². The van der Waals surface area contributed by atoms with Crippen LogP contribution in [-0.4, -0.2) is 55.4 Å². The van der Waals surface area contributed by atoms with Crippen molar-refractivity contribution < 1.29 is 14.3 Å². The van der Waals surface area contributed by atoms with E-state index in [4.69, 9.17) is 14.5 Å². The number of anilines is 1. The number of fused-ring (bicyclic) bond motifs is 1. The molecule has 0 saturated carbocycles. The van der Waals surface area contributed by atoms with E-state index in [-0.39, 0.29) is 5.97 Å². The summed E-state index contributed by atoms with van der Waals surface area (Å²) in [4.78, 5) is 23.0. The summed E-state index contributed by atoms with van der Waals surface area (Å²) < 4.78 is 12.7. The van der Waals surface area contributed by atoms with E-state index < -0.39 is 8.07 Å². The molecule has 1 aliphatic heterocycles. The molecule has 1 saturated heterocycles. The molecule has 2 aromatic rings. The van der Waals surface area contributed by atoms with Crippen molar-refractivity contribution in [1.82, 2.24) is 14.5 Å². The molecule has 0 spiro atoms. The Bertz CT molecular complexity index is 794. The van der Waals surface area contributed by atoms with Crippen LogP contribution >= 0.6 is 0 Å². The second-order valence-corrected chi connectivity index (χ2v) is 14.4. The quantitative estimate of drug-likeness (QED) is 0.381. The molecule has 3 heterocycles. The first-order chi connectivity index (χ1) is 13.4. The number of nitrogens with zero attached hydrogens (tertiary/aromatic N) is 4. The number of methoxy groups -OCH3 is 1. The lowest BCUT2D eigenvalue weighted by Gasteiger charge is -2.31. The summed E-state index contributed by atoms with van der Waals surface area (Å²) in [6.07, 6.45) is 6.31. The van der Waals surface area contributed by atoms with Crippen molar-refractivity contribution in [3.8, 4) is 0 Å². The highest BCUT2D eigenvalue weighted by Crippen LogP contribution is 2.25. The van der Waals surface area contributed by atoms with Gasteiger partial charge in [0, 0.05) is 52.0 Å². The molecular weight excluding hydrogens is 372 g/mol. The van der Waals surface area contributed by atoms with E-state index in [2.05, 4.69) is 34.1 Å². The predicted octanol–water partition coefficient (Wildman–Crippen LogP) is 3.52. The molecule has 2 aromatic heterocycles. The first kappa shape index (κ1) is 20.8. The Labute approximate surface area is 168 Å². The van der Waals surface area contributed by atoms with Crippen LogP contribution in [0.4, 0.5) is 5.95 Å². The van der Waals surface area contributed by atoms with Crippen molar-refractivity contribution in [1.29, 1.82) is 0 Å². The second-order valence-electron chi connectivity index (χ2n) is 8.79. The number of hydrogen-bond donors (Lipinski definition) is 0. The molecule has 28 heavy (non-hydrogen) atoms. The SMILES string of the molecule is COC(=O)CC1CCN(c2ncc3ccn(COCC[Si](C)(C)C)c3n2)CC1. The number of carbonyl (C=O) groups excluding carboxylic acids is 1. The third-order valence-electron chi connectivity index (χ3n) is 5.30. The van der Waals surface area contributed by atoms with Crippen LogP contribution in [-0.2, 0) is 21.0 Å². The van der Waals surface area contributed by atoms with E-state index in [1.807, 2.05) is 18.5 Å². The van der Waals surface area contributed by atoms with Gasteiger partial charge in [-0.2, -0.15) is 4.98 Å². The number of hydrogen-bond acceptors (Lipinski definition) is 6. The van der Waals surface area contributed by atoms with Gasteiger partial charge in [0.25, 0.3) is 0 Å². The summed E-state index contributed by atoms with van der Waals surface area (Å²) in [5.41, 5.74) is 0.912.